The van der Waals surface area contributed by atoms with Crippen molar-refractivity contribution in [3.63, 3.8) is 0 Å². The first-order valence-electron chi connectivity index (χ1n) is 7.11. The summed E-state index contributed by atoms with van der Waals surface area (Å²) in [5, 5.41) is 27.2. The van der Waals surface area contributed by atoms with Crippen LogP contribution < -0.4 is 10.6 Å². The summed E-state index contributed by atoms with van der Waals surface area (Å²) in [6.07, 6.45) is 4.48. The normalized spacial score (nSPS) is 17.7. The van der Waals surface area contributed by atoms with Gasteiger partial charge in [-0.3, -0.25) is 5.10 Å². The predicted molar refractivity (Wildman–Crippen MR) is 80.2 cm³/mol. The lowest BCUT2D eigenvalue weighted by atomic mass is 10.1. The van der Waals surface area contributed by atoms with Gasteiger partial charge in [0.05, 0.1) is 6.20 Å². The Kier molecular flexibility index (Phi) is 2.98. The SMILES string of the molecule is N#Cc1c(-c2cn[nH]c2)ccc2nc(N[C@@H]3CCNC3)nn12. The molecule has 0 bridgehead atoms. The van der Waals surface area contributed by atoms with Crippen molar-refractivity contribution in [3.8, 4) is 17.2 Å². The van der Waals surface area contributed by atoms with E-state index in [1.807, 2.05) is 12.1 Å². The van der Waals surface area contributed by atoms with Gasteiger partial charge in [-0.05, 0) is 25.1 Å². The number of fused-ring (bicyclic) bond motifs is 1. The van der Waals surface area contributed by atoms with Gasteiger partial charge in [-0.25, -0.2) is 4.52 Å². The minimum Gasteiger partial charge on any atom is -0.349 e. The lowest BCUT2D eigenvalue weighted by Crippen LogP contribution is -2.22. The maximum absolute atomic E-state index is 9.51. The second-order valence-electron chi connectivity index (χ2n) is 5.23. The fourth-order valence-corrected chi connectivity index (χ4v) is 2.71. The summed E-state index contributed by atoms with van der Waals surface area (Å²) >= 11 is 0. The molecule has 0 amide bonds. The topological polar surface area (TPSA) is 107 Å². The first-order valence-corrected chi connectivity index (χ1v) is 7.11. The van der Waals surface area contributed by atoms with Crippen LogP contribution in [0.5, 0.6) is 0 Å². The number of rotatable bonds is 3. The molecule has 4 rings (SSSR count). The van der Waals surface area contributed by atoms with E-state index in [4.69, 9.17) is 0 Å². The summed E-state index contributed by atoms with van der Waals surface area (Å²) in [7, 11) is 0. The molecule has 0 saturated carbocycles. The van der Waals surface area contributed by atoms with Crippen molar-refractivity contribution in [2.45, 2.75) is 12.5 Å². The zero-order valence-electron chi connectivity index (χ0n) is 11.7. The lowest BCUT2D eigenvalue weighted by Gasteiger charge is -2.07. The second kappa shape index (κ2) is 5.13. The number of nitrogens with one attached hydrogen (secondary N) is 3. The molecule has 1 atom stereocenters. The molecule has 3 aromatic rings. The van der Waals surface area contributed by atoms with Gasteiger partial charge in [-0.1, -0.05) is 0 Å². The smallest absolute Gasteiger partial charge is 0.243 e. The Balaban J connectivity index is 1.77. The van der Waals surface area contributed by atoms with Crippen LogP contribution in [0.2, 0.25) is 0 Å². The maximum Gasteiger partial charge on any atom is 0.243 e. The van der Waals surface area contributed by atoms with E-state index in [0.717, 1.165) is 30.6 Å². The highest BCUT2D eigenvalue weighted by atomic mass is 15.4. The summed E-state index contributed by atoms with van der Waals surface area (Å²) in [5.74, 6) is 0.551. The molecule has 0 unspecified atom stereocenters. The molecule has 4 heterocycles. The van der Waals surface area contributed by atoms with Gasteiger partial charge in [0.15, 0.2) is 11.3 Å². The number of nitrogens with zero attached hydrogens (tertiary/aromatic N) is 5. The average Bonchev–Trinajstić information content (AvgIpc) is 3.27. The lowest BCUT2D eigenvalue weighted by molar-refractivity contribution is 0.778. The molecular weight excluding hydrogens is 280 g/mol. The highest BCUT2D eigenvalue weighted by molar-refractivity contribution is 5.70. The van der Waals surface area contributed by atoms with Crippen LogP contribution in [0.25, 0.3) is 16.8 Å². The molecule has 0 aromatic carbocycles. The largest absolute Gasteiger partial charge is 0.349 e. The highest BCUT2D eigenvalue weighted by Gasteiger charge is 2.18. The van der Waals surface area contributed by atoms with Gasteiger partial charge in [0, 0.05) is 29.9 Å². The quantitative estimate of drug-likeness (QED) is 0.658. The van der Waals surface area contributed by atoms with Crippen LogP contribution in [0.4, 0.5) is 5.95 Å². The summed E-state index contributed by atoms with van der Waals surface area (Å²) < 4.78 is 1.58. The zero-order chi connectivity index (χ0) is 14.9. The Morgan fingerprint density at radius 3 is 3.09 bits per heavy atom. The Morgan fingerprint density at radius 2 is 2.36 bits per heavy atom. The van der Waals surface area contributed by atoms with Crippen molar-refractivity contribution in [3.05, 3.63) is 30.2 Å². The van der Waals surface area contributed by atoms with Crippen molar-refractivity contribution < 1.29 is 0 Å². The molecule has 8 nitrogen and oxygen atoms in total. The number of aromatic amines is 1. The van der Waals surface area contributed by atoms with Crippen molar-refractivity contribution in [2.75, 3.05) is 18.4 Å². The first kappa shape index (κ1) is 12.8. The van der Waals surface area contributed by atoms with Crippen molar-refractivity contribution in [1.82, 2.24) is 30.1 Å². The minimum absolute atomic E-state index is 0.330. The maximum atomic E-state index is 9.51. The number of aromatic nitrogens is 5. The van der Waals surface area contributed by atoms with Gasteiger partial charge in [0.1, 0.15) is 6.07 Å². The second-order valence-corrected chi connectivity index (χ2v) is 5.23. The Labute approximate surface area is 126 Å². The highest BCUT2D eigenvalue weighted by Crippen LogP contribution is 2.23. The van der Waals surface area contributed by atoms with Gasteiger partial charge in [0.25, 0.3) is 0 Å². The molecule has 0 aliphatic carbocycles. The zero-order valence-corrected chi connectivity index (χ0v) is 11.7. The van der Waals surface area contributed by atoms with Crippen molar-refractivity contribution in [1.29, 1.82) is 5.26 Å². The third kappa shape index (κ3) is 2.08. The van der Waals surface area contributed by atoms with E-state index in [1.165, 1.54) is 0 Å². The fraction of sp³-hybridized carbons (Fsp3) is 0.286. The molecule has 0 radical (unpaired) electrons. The average molecular weight is 294 g/mol. The Hall–Kier alpha value is -2.92. The van der Waals surface area contributed by atoms with Gasteiger partial charge in [-0.15, -0.1) is 5.10 Å². The van der Waals surface area contributed by atoms with Crippen LogP contribution in [0.15, 0.2) is 24.5 Å². The van der Waals surface area contributed by atoms with Crippen LogP contribution in [-0.2, 0) is 0 Å². The number of hydrogen-bond acceptors (Lipinski definition) is 6. The molecule has 3 aromatic heterocycles. The van der Waals surface area contributed by atoms with Crippen LogP contribution in [0.1, 0.15) is 12.1 Å². The van der Waals surface area contributed by atoms with Gasteiger partial charge in [0.2, 0.25) is 5.95 Å². The van der Waals surface area contributed by atoms with E-state index >= 15 is 0 Å². The Morgan fingerprint density at radius 1 is 1.41 bits per heavy atom. The molecule has 3 N–H and O–H groups in total. The molecule has 22 heavy (non-hydrogen) atoms. The molecule has 1 saturated heterocycles. The van der Waals surface area contributed by atoms with Gasteiger partial charge < -0.3 is 10.6 Å². The number of H-pyrrole nitrogens is 1. The van der Waals surface area contributed by atoms with Crippen LogP contribution in [-0.4, -0.2) is 43.9 Å². The fourth-order valence-electron chi connectivity index (χ4n) is 2.71. The third-order valence-electron chi connectivity index (χ3n) is 3.81. The van der Waals surface area contributed by atoms with Crippen LogP contribution in [0, 0.1) is 11.3 Å². The summed E-state index contributed by atoms with van der Waals surface area (Å²) in [4.78, 5) is 4.45. The van der Waals surface area contributed by atoms with Crippen LogP contribution in [0.3, 0.4) is 0 Å². The van der Waals surface area contributed by atoms with Crippen molar-refractivity contribution >= 4 is 11.6 Å². The minimum atomic E-state index is 0.330. The summed E-state index contributed by atoms with van der Waals surface area (Å²) in [6.45, 7) is 1.90. The molecule has 1 aliphatic heterocycles. The number of hydrogen-bond donors (Lipinski definition) is 3. The number of pyridine rings is 1. The monoisotopic (exact) mass is 294 g/mol. The number of anilines is 1. The van der Waals surface area contributed by atoms with E-state index in [0.29, 0.717) is 23.3 Å². The van der Waals surface area contributed by atoms with E-state index in [9.17, 15) is 5.26 Å². The molecule has 110 valence electrons. The summed E-state index contributed by atoms with van der Waals surface area (Å²) in [5.41, 5.74) is 2.73. The third-order valence-corrected chi connectivity index (χ3v) is 3.81. The number of nitriles is 1. The molecule has 8 heteroatoms. The molecule has 0 spiro atoms. The van der Waals surface area contributed by atoms with Crippen molar-refractivity contribution in [2.24, 2.45) is 0 Å². The van der Waals surface area contributed by atoms with Crippen LogP contribution >= 0.6 is 0 Å². The molecular formula is C14H14N8. The van der Waals surface area contributed by atoms with E-state index in [2.05, 4.69) is 37.0 Å². The van der Waals surface area contributed by atoms with Gasteiger partial charge in [-0.2, -0.15) is 15.3 Å². The molecule has 1 fully saturated rings. The first-order chi connectivity index (χ1) is 10.8. The van der Waals surface area contributed by atoms with E-state index in [-0.39, 0.29) is 0 Å². The standard InChI is InChI=1S/C14H14N8/c15-5-12-11(9-6-17-18-7-9)1-2-13-20-14(21-22(12)13)19-10-3-4-16-8-10/h1-2,6-7,10,16H,3-4,8H2,(H,17,18)(H,19,21)/t10-/m1/s1. The van der Waals surface area contributed by atoms with E-state index < -0.39 is 0 Å². The van der Waals surface area contributed by atoms with E-state index in [1.54, 1.807) is 16.9 Å². The summed E-state index contributed by atoms with van der Waals surface area (Å²) in [6, 6.07) is 6.27. The molecule has 1 aliphatic rings. The Bertz CT molecular complexity index is 836. The van der Waals surface area contributed by atoms with Gasteiger partial charge >= 0.3 is 0 Å². The predicted octanol–water partition coefficient (Wildman–Crippen LogP) is 0.765.